The molecule has 0 aromatic carbocycles. The number of carbonyl (C=O) groups is 3. The number of unbranched alkanes of at least 4 members (excludes halogenated alkanes) is 28. The van der Waals surface area contributed by atoms with E-state index in [-0.39, 0.29) is 31.1 Å². The molecule has 0 aliphatic rings. The highest BCUT2D eigenvalue weighted by Crippen LogP contribution is 2.16. The lowest BCUT2D eigenvalue weighted by molar-refractivity contribution is -0.167. The smallest absolute Gasteiger partial charge is 0.306 e. The van der Waals surface area contributed by atoms with E-state index in [1.54, 1.807) is 0 Å². The summed E-state index contributed by atoms with van der Waals surface area (Å²) in [5.74, 6) is -0.874. The van der Waals surface area contributed by atoms with Gasteiger partial charge in [-0.1, -0.05) is 273 Å². The lowest BCUT2D eigenvalue weighted by atomic mass is 10.0. The van der Waals surface area contributed by atoms with Gasteiger partial charge < -0.3 is 14.2 Å². The number of carbonyl (C=O) groups excluding carboxylic acids is 3. The van der Waals surface area contributed by atoms with Crippen LogP contribution < -0.4 is 0 Å². The fourth-order valence-corrected chi connectivity index (χ4v) is 8.25. The molecule has 0 aromatic rings. The molecule has 0 heterocycles. The summed E-state index contributed by atoms with van der Waals surface area (Å²) in [7, 11) is 0. The monoisotopic (exact) mass is 975 g/mol. The Bertz CT molecular complexity index is 1350. The summed E-state index contributed by atoms with van der Waals surface area (Å²) >= 11 is 0. The zero-order valence-electron chi connectivity index (χ0n) is 46.0. The molecule has 1 unspecified atom stereocenters. The van der Waals surface area contributed by atoms with Gasteiger partial charge in [0.2, 0.25) is 0 Å². The predicted molar refractivity (Wildman–Crippen MR) is 302 cm³/mol. The number of rotatable bonds is 53. The molecule has 0 aliphatic carbocycles. The van der Waals surface area contributed by atoms with Crippen LogP contribution in [0.4, 0.5) is 0 Å². The molecule has 0 fully saturated rings. The summed E-state index contributed by atoms with van der Waals surface area (Å²) in [5.41, 5.74) is 0. The van der Waals surface area contributed by atoms with Gasteiger partial charge in [0.15, 0.2) is 6.10 Å². The maximum atomic E-state index is 12.7. The molecule has 0 aliphatic heterocycles. The first-order valence-electron chi connectivity index (χ1n) is 29.6. The van der Waals surface area contributed by atoms with Gasteiger partial charge in [0.05, 0.1) is 0 Å². The van der Waals surface area contributed by atoms with Crippen LogP contribution in [0.5, 0.6) is 0 Å². The first-order chi connectivity index (χ1) is 34.5. The highest BCUT2D eigenvalue weighted by molar-refractivity contribution is 5.71. The van der Waals surface area contributed by atoms with Gasteiger partial charge in [-0.15, -0.1) is 0 Å². The van der Waals surface area contributed by atoms with Crippen LogP contribution in [0.25, 0.3) is 0 Å². The second-order valence-electron chi connectivity index (χ2n) is 19.5. The van der Waals surface area contributed by atoms with Crippen molar-refractivity contribution < 1.29 is 28.6 Å². The van der Waals surface area contributed by atoms with Crippen LogP contribution in [0, 0.1) is 0 Å². The maximum absolute atomic E-state index is 12.7. The average molecular weight is 976 g/mol. The van der Waals surface area contributed by atoms with E-state index in [1.807, 2.05) is 0 Å². The van der Waals surface area contributed by atoms with Crippen LogP contribution in [0.2, 0.25) is 0 Å². The molecule has 0 N–H and O–H groups in total. The van der Waals surface area contributed by atoms with E-state index in [4.69, 9.17) is 14.2 Å². The maximum Gasteiger partial charge on any atom is 0.306 e. The van der Waals surface area contributed by atoms with Crippen molar-refractivity contribution in [3.63, 3.8) is 0 Å². The Labute approximate surface area is 433 Å². The van der Waals surface area contributed by atoms with Crippen LogP contribution in [-0.2, 0) is 28.6 Å². The third kappa shape index (κ3) is 55.5. The van der Waals surface area contributed by atoms with Gasteiger partial charge in [0.25, 0.3) is 0 Å². The van der Waals surface area contributed by atoms with Crippen LogP contribution in [0.3, 0.4) is 0 Å². The van der Waals surface area contributed by atoms with E-state index in [0.717, 1.165) is 103 Å². The van der Waals surface area contributed by atoms with Crippen LogP contribution in [0.1, 0.15) is 284 Å². The number of esters is 3. The molecule has 70 heavy (non-hydrogen) atoms. The van der Waals surface area contributed by atoms with Gasteiger partial charge >= 0.3 is 17.9 Å². The highest BCUT2D eigenvalue weighted by atomic mass is 16.6. The van der Waals surface area contributed by atoms with Gasteiger partial charge in [-0.2, -0.15) is 0 Å². The summed E-state index contributed by atoms with van der Waals surface area (Å²) in [4.78, 5) is 37.9. The lowest BCUT2D eigenvalue weighted by Gasteiger charge is -2.18. The molecule has 0 rings (SSSR count). The molecule has 0 spiro atoms. The minimum Gasteiger partial charge on any atom is -0.462 e. The number of hydrogen-bond donors (Lipinski definition) is 0. The molecular formula is C64H110O6. The fraction of sp³-hybridized carbons (Fsp3) is 0.734. The number of ether oxygens (including phenoxy) is 3. The Morgan fingerprint density at radius 1 is 0.300 bits per heavy atom. The Morgan fingerprint density at radius 2 is 0.557 bits per heavy atom. The van der Waals surface area contributed by atoms with E-state index in [2.05, 4.69) is 106 Å². The van der Waals surface area contributed by atoms with E-state index < -0.39 is 6.10 Å². The second kappa shape index (κ2) is 58.2. The van der Waals surface area contributed by atoms with E-state index in [1.165, 1.54) is 141 Å². The zero-order valence-corrected chi connectivity index (χ0v) is 46.0. The molecule has 6 nitrogen and oxygen atoms in total. The molecule has 0 saturated heterocycles. The third-order valence-electron chi connectivity index (χ3n) is 12.7. The molecule has 0 aromatic heterocycles. The fourth-order valence-electron chi connectivity index (χ4n) is 8.25. The number of allylic oxidation sites excluding steroid dienone is 14. The van der Waals surface area contributed by atoms with Crippen molar-refractivity contribution in [2.45, 2.75) is 290 Å². The summed E-state index contributed by atoms with van der Waals surface area (Å²) < 4.78 is 16.8. The van der Waals surface area contributed by atoms with Crippen molar-refractivity contribution in [2.75, 3.05) is 13.2 Å². The van der Waals surface area contributed by atoms with Gasteiger partial charge in [0.1, 0.15) is 13.2 Å². The molecule has 0 bridgehead atoms. The van der Waals surface area contributed by atoms with Crippen molar-refractivity contribution in [1.82, 2.24) is 0 Å². The lowest BCUT2D eigenvalue weighted by Crippen LogP contribution is -2.30. The normalized spacial score (nSPS) is 12.7. The average Bonchev–Trinajstić information content (AvgIpc) is 3.36. The Morgan fingerprint density at radius 3 is 0.871 bits per heavy atom. The Balaban J connectivity index is 4.06. The van der Waals surface area contributed by atoms with Crippen molar-refractivity contribution >= 4 is 17.9 Å². The summed E-state index contributed by atoms with van der Waals surface area (Å²) in [6.45, 7) is 6.50. The molecule has 402 valence electrons. The summed E-state index contributed by atoms with van der Waals surface area (Å²) in [6.07, 6.45) is 76.0. The second-order valence-corrected chi connectivity index (χ2v) is 19.5. The quantitative estimate of drug-likeness (QED) is 0.0261. The zero-order chi connectivity index (χ0) is 50.7. The molecule has 6 heteroatoms. The van der Waals surface area contributed by atoms with Crippen molar-refractivity contribution in [3.05, 3.63) is 85.1 Å². The molecule has 0 saturated carbocycles. The van der Waals surface area contributed by atoms with Crippen molar-refractivity contribution in [2.24, 2.45) is 0 Å². The van der Waals surface area contributed by atoms with E-state index in [9.17, 15) is 14.4 Å². The van der Waals surface area contributed by atoms with Crippen LogP contribution in [-0.4, -0.2) is 37.2 Å². The van der Waals surface area contributed by atoms with Gasteiger partial charge in [-0.3, -0.25) is 14.4 Å². The first kappa shape index (κ1) is 66.6. The van der Waals surface area contributed by atoms with Gasteiger partial charge in [-0.25, -0.2) is 0 Å². The first-order valence-corrected chi connectivity index (χ1v) is 29.6. The summed E-state index contributed by atoms with van der Waals surface area (Å²) in [6, 6.07) is 0. The van der Waals surface area contributed by atoms with E-state index in [0.29, 0.717) is 19.3 Å². The number of hydrogen-bond acceptors (Lipinski definition) is 6. The Kier molecular flexibility index (Phi) is 55.3. The standard InChI is InChI=1S/C64H110O6/c1-4-7-10-13-16-19-21-22-23-24-25-26-27-28-29-30-31-32-33-34-35-36-37-38-39-40-41-42-43-46-48-51-54-57-63(66)69-60-61(59-68-62(65)56-53-50-47-44-18-15-12-9-6-3)70-64(67)58-55-52-49-45-20-17-14-11-8-5-2/h7,10,16,19,22-23,25-26,28-29,31-32,34-35,61H,4-6,8-9,11-15,17-18,20-21,24,27,30,33,36-60H2,1-3H3/b10-7-,19-16-,23-22-,26-25-,29-28-,32-31-,35-34-. The summed E-state index contributed by atoms with van der Waals surface area (Å²) in [5, 5.41) is 0. The molecular weight excluding hydrogens is 865 g/mol. The molecule has 0 amide bonds. The third-order valence-corrected chi connectivity index (χ3v) is 12.7. The van der Waals surface area contributed by atoms with E-state index >= 15 is 0 Å². The predicted octanol–water partition coefficient (Wildman–Crippen LogP) is 19.9. The van der Waals surface area contributed by atoms with Gasteiger partial charge in [-0.05, 0) is 77.0 Å². The minimum atomic E-state index is -0.770. The Hall–Kier alpha value is -3.41. The SMILES string of the molecule is CC/C=C\C/C=C\C/C=C\C/C=C\C/C=C\C/C=C\C/C=C\CCCCCCCCCCCCCC(=O)OCC(COC(=O)CCCCCCCCCCC)OC(=O)CCCCCCCCCCCC. The van der Waals surface area contributed by atoms with Crippen LogP contribution >= 0.6 is 0 Å². The minimum absolute atomic E-state index is 0.0724. The molecule has 1 atom stereocenters. The topological polar surface area (TPSA) is 78.9 Å². The van der Waals surface area contributed by atoms with Crippen molar-refractivity contribution in [3.8, 4) is 0 Å². The molecule has 0 radical (unpaired) electrons. The van der Waals surface area contributed by atoms with Crippen LogP contribution in [0.15, 0.2) is 85.1 Å². The highest BCUT2D eigenvalue weighted by Gasteiger charge is 2.19. The largest absolute Gasteiger partial charge is 0.462 e. The van der Waals surface area contributed by atoms with Gasteiger partial charge in [0, 0.05) is 19.3 Å². The van der Waals surface area contributed by atoms with Crippen molar-refractivity contribution in [1.29, 1.82) is 0 Å².